The van der Waals surface area contributed by atoms with Gasteiger partial charge in [-0.3, -0.25) is 0 Å². The molecule has 0 radical (unpaired) electrons. The molecule has 1 atom stereocenters. The molecule has 19 heavy (non-hydrogen) atoms. The minimum absolute atomic E-state index is 0.467. The van der Waals surface area contributed by atoms with Crippen LogP contribution in [0.3, 0.4) is 0 Å². The topological polar surface area (TPSA) is 12.0 Å². The van der Waals surface area contributed by atoms with Crippen molar-refractivity contribution in [2.24, 2.45) is 5.41 Å². The van der Waals surface area contributed by atoms with E-state index in [4.69, 9.17) is 11.6 Å². The zero-order chi connectivity index (χ0) is 13.7. The number of benzene rings is 1. The first-order chi connectivity index (χ1) is 9.14. The highest BCUT2D eigenvalue weighted by Gasteiger charge is 2.36. The first kappa shape index (κ1) is 14.9. The lowest BCUT2D eigenvalue weighted by Gasteiger charge is -2.35. The Hall–Kier alpha value is -0.530. The molecule has 106 valence electrons. The summed E-state index contributed by atoms with van der Waals surface area (Å²) in [6.07, 6.45) is 7.83. The lowest BCUT2D eigenvalue weighted by atomic mass is 9.77. The van der Waals surface area contributed by atoms with Crippen molar-refractivity contribution in [3.05, 3.63) is 34.9 Å². The molecule has 0 spiro atoms. The fourth-order valence-corrected chi connectivity index (χ4v) is 3.40. The molecular weight excluding hydrogens is 254 g/mol. The van der Waals surface area contributed by atoms with Crippen LogP contribution in [0, 0.1) is 5.41 Å². The molecule has 1 N–H and O–H groups in total. The Morgan fingerprint density at radius 3 is 2.42 bits per heavy atom. The first-order valence-corrected chi connectivity index (χ1v) is 8.00. The summed E-state index contributed by atoms with van der Waals surface area (Å²) in [5.41, 5.74) is 1.86. The lowest BCUT2D eigenvalue weighted by Crippen LogP contribution is -2.44. The van der Waals surface area contributed by atoms with Crippen LogP contribution in [-0.4, -0.2) is 12.6 Å². The Labute approximate surface area is 122 Å². The smallest absolute Gasteiger partial charge is 0.0406 e. The number of rotatable bonds is 6. The molecule has 1 unspecified atom stereocenters. The van der Waals surface area contributed by atoms with Crippen LogP contribution < -0.4 is 5.32 Å². The second-order valence-electron chi connectivity index (χ2n) is 6.20. The average molecular weight is 280 g/mol. The van der Waals surface area contributed by atoms with Gasteiger partial charge in [0, 0.05) is 11.1 Å². The van der Waals surface area contributed by atoms with Crippen molar-refractivity contribution in [1.82, 2.24) is 5.32 Å². The number of hydrogen-bond acceptors (Lipinski definition) is 1. The molecule has 0 amide bonds. The summed E-state index contributed by atoms with van der Waals surface area (Å²) in [5.74, 6) is 0. The first-order valence-electron chi connectivity index (χ1n) is 7.62. The van der Waals surface area contributed by atoms with Crippen molar-refractivity contribution in [3.8, 4) is 0 Å². The summed E-state index contributed by atoms with van der Waals surface area (Å²) in [6, 6.07) is 8.94. The summed E-state index contributed by atoms with van der Waals surface area (Å²) < 4.78 is 0. The largest absolute Gasteiger partial charge is 0.313 e. The molecule has 1 saturated carbocycles. The van der Waals surface area contributed by atoms with Crippen LogP contribution in [0.15, 0.2) is 24.3 Å². The van der Waals surface area contributed by atoms with Crippen molar-refractivity contribution in [2.45, 2.75) is 58.4 Å². The van der Waals surface area contributed by atoms with E-state index in [0.29, 0.717) is 11.5 Å². The Balaban J connectivity index is 2.06. The molecule has 1 fully saturated rings. The Morgan fingerprint density at radius 2 is 1.84 bits per heavy atom. The maximum Gasteiger partial charge on any atom is 0.0406 e. The normalized spacial score (nSPS) is 19.5. The number of hydrogen-bond donors (Lipinski definition) is 1. The van der Waals surface area contributed by atoms with E-state index in [0.717, 1.165) is 18.0 Å². The highest BCUT2D eigenvalue weighted by Crippen LogP contribution is 2.41. The molecule has 1 nitrogen and oxygen atoms in total. The summed E-state index contributed by atoms with van der Waals surface area (Å²) in [6.45, 7) is 5.82. The van der Waals surface area contributed by atoms with Gasteiger partial charge >= 0.3 is 0 Å². The lowest BCUT2D eigenvalue weighted by molar-refractivity contribution is 0.219. The Kier molecular flexibility index (Phi) is 5.29. The van der Waals surface area contributed by atoms with Crippen molar-refractivity contribution < 1.29 is 0 Å². The Bertz CT molecular complexity index is 379. The van der Waals surface area contributed by atoms with Crippen molar-refractivity contribution in [3.63, 3.8) is 0 Å². The fourth-order valence-electron chi connectivity index (χ4n) is 3.27. The standard InChI is InChI=1S/C17H26ClN/c1-3-12-19-16(17(2)10-4-5-11-17)13-14-6-8-15(18)9-7-14/h6-9,16,19H,3-5,10-13H2,1-2H3. The van der Waals surface area contributed by atoms with Crippen LogP contribution in [-0.2, 0) is 6.42 Å². The molecule has 1 aliphatic carbocycles. The van der Waals surface area contributed by atoms with Gasteiger partial charge in [0.1, 0.15) is 0 Å². The fraction of sp³-hybridized carbons (Fsp3) is 0.647. The highest BCUT2D eigenvalue weighted by molar-refractivity contribution is 6.30. The molecule has 0 bridgehead atoms. The van der Waals surface area contributed by atoms with Gasteiger partial charge in [0.2, 0.25) is 0 Å². The van der Waals surface area contributed by atoms with Crippen LogP contribution >= 0.6 is 11.6 Å². The van der Waals surface area contributed by atoms with Crippen LogP contribution in [0.4, 0.5) is 0 Å². The van der Waals surface area contributed by atoms with E-state index in [1.54, 1.807) is 0 Å². The van der Waals surface area contributed by atoms with Crippen molar-refractivity contribution in [2.75, 3.05) is 6.54 Å². The minimum atomic E-state index is 0.467. The summed E-state index contributed by atoms with van der Waals surface area (Å²) in [5, 5.41) is 4.61. The molecule has 2 heteroatoms. The number of halogens is 1. The van der Waals surface area contributed by atoms with Gasteiger partial charge in [0.15, 0.2) is 0 Å². The van der Waals surface area contributed by atoms with Crippen molar-refractivity contribution in [1.29, 1.82) is 0 Å². The molecule has 0 heterocycles. The monoisotopic (exact) mass is 279 g/mol. The summed E-state index contributed by atoms with van der Waals surface area (Å²) in [4.78, 5) is 0. The van der Waals surface area contributed by atoms with Gasteiger partial charge in [0.05, 0.1) is 0 Å². The van der Waals surface area contributed by atoms with Gasteiger partial charge in [-0.2, -0.15) is 0 Å². The van der Waals surface area contributed by atoms with Crippen LogP contribution in [0.5, 0.6) is 0 Å². The highest BCUT2D eigenvalue weighted by atomic mass is 35.5. The van der Waals surface area contributed by atoms with E-state index in [9.17, 15) is 0 Å². The molecule has 1 aliphatic rings. The summed E-state index contributed by atoms with van der Waals surface area (Å²) in [7, 11) is 0. The predicted octanol–water partition coefficient (Wildman–Crippen LogP) is 4.83. The molecule has 0 aliphatic heterocycles. The average Bonchev–Trinajstić information content (AvgIpc) is 2.85. The predicted molar refractivity (Wildman–Crippen MR) is 83.8 cm³/mol. The van der Waals surface area contributed by atoms with Gasteiger partial charge in [-0.15, -0.1) is 0 Å². The van der Waals surface area contributed by atoms with E-state index in [-0.39, 0.29) is 0 Å². The SMILES string of the molecule is CCCNC(Cc1ccc(Cl)cc1)C1(C)CCCC1. The van der Waals surface area contributed by atoms with E-state index in [1.165, 1.54) is 37.7 Å². The van der Waals surface area contributed by atoms with Gasteiger partial charge in [0.25, 0.3) is 0 Å². The van der Waals surface area contributed by atoms with E-state index >= 15 is 0 Å². The third kappa shape index (κ3) is 3.97. The molecule has 0 saturated heterocycles. The van der Waals surface area contributed by atoms with E-state index < -0.39 is 0 Å². The quantitative estimate of drug-likeness (QED) is 0.786. The second kappa shape index (κ2) is 6.76. The van der Waals surface area contributed by atoms with Crippen LogP contribution in [0.1, 0.15) is 51.5 Å². The zero-order valence-electron chi connectivity index (χ0n) is 12.2. The van der Waals surface area contributed by atoms with E-state index in [1.807, 2.05) is 12.1 Å². The van der Waals surface area contributed by atoms with Gasteiger partial charge < -0.3 is 5.32 Å². The Morgan fingerprint density at radius 1 is 1.21 bits per heavy atom. The van der Waals surface area contributed by atoms with Gasteiger partial charge in [-0.05, 0) is 55.3 Å². The molecular formula is C17H26ClN. The molecule has 1 aromatic rings. The second-order valence-corrected chi connectivity index (χ2v) is 6.63. The van der Waals surface area contributed by atoms with Gasteiger partial charge in [-0.1, -0.05) is 50.4 Å². The zero-order valence-corrected chi connectivity index (χ0v) is 13.0. The van der Waals surface area contributed by atoms with Crippen molar-refractivity contribution >= 4 is 11.6 Å². The van der Waals surface area contributed by atoms with Gasteiger partial charge in [-0.25, -0.2) is 0 Å². The van der Waals surface area contributed by atoms with E-state index in [2.05, 4.69) is 31.3 Å². The van der Waals surface area contributed by atoms with Crippen LogP contribution in [0.2, 0.25) is 5.02 Å². The molecule has 1 aromatic carbocycles. The molecule has 0 aromatic heterocycles. The maximum atomic E-state index is 5.97. The minimum Gasteiger partial charge on any atom is -0.313 e. The number of nitrogens with one attached hydrogen (secondary N) is 1. The maximum absolute atomic E-state index is 5.97. The van der Waals surface area contributed by atoms with Crippen LogP contribution in [0.25, 0.3) is 0 Å². The summed E-state index contributed by atoms with van der Waals surface area (Å²) >= 11 is 5.97. The third-order valence-corrected chi connectivity index (χ3v) is 4.83. The molecule has 2 rings (SSSR count). The third-order valence-electron chi connectivity index (χ3n) is 4.58.